The van der Waals surface area contributed by atoms with Crippen molar-refractivity contribution in [2.75, 3.05) is 5.32 Å². The summed E-state index contributed by atoms with van der Waals surface area (Å²) in [7, 11) is 0. The van der Waals surface area contributed by atoms with Gasteiger partial charge in [0.2, 0.25) is 0 Å². The third kappa shape index (κ3) is 3.00. The molecule has 0 fully saturated rings. The number of benzene rings is 1. The van der Waals surface area contributed by atoms with Crippen molar-refractivity contribution >= 4 is 51.8 Å². The van der Waals surface area contributed by atoms with Crippen LogP contribution in [0.4, 0.5) is 5.82 Å². The maximum absolute atomic E-state index is 12.1. The molecule has 3 N–H and O–H groups in total. The van der Waals surface area contributed by atoms with Crippen LogP contribution in [0.15, 0.2) is 36.5 Å². The number of anilines is 1. The fourth-order valence-corrected chi connectivity index (χ4v) is 2.44. The first kappa shape index (κ1) is 14.3. The Hall–Kier alpha value is -2.65. The van der Waals surface area contributed by atoms with Crippen LogP contribution in [0.3, 0.4) is 0 Å². The molecule has 0 spiro atoms. The van der Waals surface area contributed by atoms with Gasteiger partial charge in [-0.25, -0.2) is 4.98 Å². The van der Waals surface area contributed by atoms with Gasteiger partial charge in [0.1, 0.15) is 11.0 Å². The minimum absolute atomic E-state index is 0.0375. The zero-order valence-corrected chi connectivity index (χ0v) is 12.6. The van der Waals surface area contributed by atoms with E-state index in [2.05, 4.69) is 24.4 Å². The molecule has 7 nitrogen and oxygen atoms in total. The highest BCUT2D eigenvalue weighted by atomic mass is 32.1. The first-order chi connectivity index (χ1) is 10.6. The first-order valence-electron chi connectivity index (χ1n) is 6.12. The smallest absolute Gasteiger partial charge is 0.257 e. The molecule has 0 aliphatic carbocycles. The molecule has 22 heavy (non-hydrogen) atoms. The van der Waals surface area contributed by atoms with Crippen LogP contribution in [0.1, 0.15) is 10.4 Å². The van der Waals surface area contributed by atoms with Gasteiger partial charge in [0.25, 0.3) is 5.91 Å². The van der Waals surface area contributed by atoms with Crippen LogP contribution in [0, 0.1) is 0 Å². The van der Waals surface area contributed by atoms with Gasteiger partial charge in [0, 0.05) is 11.8 Å². The molecule has 0 bridgehead atoms. The Balaban J connectivity index is 1.70. The number of aromatic hydroxyl groups is 1. The second-order valence-corrected chi connectivity index (χ2v) is 5.18. The van der Waals surface area contributed by atoms with Crippen LogP contribution in [0.2, 0.25) is 0 Å². The second kappa shape index (κ2) is 6.00. The second-order valence-electron chi connectivity index (χ2n) is 4.25. The quantitative estimate of drug-likeness (QED) is 0.617. The molecule has 3 rings (SSSR count). The normalized spacial score (nSPS) is 10.4. The Labute approximate surface area is 134 Å². The summed E-state index contributed by atoms with van der Waals surface area (Å²) >= 11 is 6.12. The Morgan fingerprint density at radius 1 is 1.23 bits per heavy atom. The minimum Gasteiger partial charge on any atom is -0.504 e. The van der Waals surface area contributed by atoms with Crippen molar-refractivity contribution in [2.45, 2.75) is 0 Å². The molecule has 0 atom stereocenters. The van der Waals surface area contributed by atoms with Crippen LogP contribution < -0.4 is 10.6 Å². The molecule has 110 valence electrons. The number of hydrogen-bond donors (Lipinski definition) is 3. The van der Waals surface area contributed by atoms with Gasteiger partial charge in [-0.05, 0) is 42.5 Å². The number of hydrogen-bond acceptors (Lipinski definition) is 7. The highest BCUT2D eigenvalue weighted by Crippen LogP contribution is 2.18. The first-order valence-corrected chi connectivity index (χ1v) is 7.26. The fourth-order valence-electron chi connectivity index (χ4n) is 1.73. The molecule has 1 amide bonds. The lowest BCUT2D eigenvalue weighted by molar-refractivity contribution is 0.0978. The van der Waals surface area contributed by atoms with Crippen molar-refractivity contribution in [3.63, 3.8) is 0 Å². The number of carbonyl (C=O) groups excluding carboxylic acids is 1. The van der Waals surface area contributed by atoms with Gasteiger partial charge >= 0.3 is 0 Å². The highest BCUT2D eigenvalue weighted by Gasteiger charge is 2.11. The van der Waals surface area contributed by atoms with Crippen LogP contribution in [0.5, 0.6) is 5.75 Å². The van der Waals surface area contributed by atoms with Crippen LogP contribution in [-0.4, -0.2) is 29.9 Å². The van der Waals surface area contributed by atoms with Crippen molar-refractivity contribution in [3.8, 4) is 5.75 Å². The van der Waals surface area contributed by atoms with Crippen molar-refractivity contribution in [3.05, 3.63) is 42.1 Å². The summed E-state index contributed by atoms with van der Waals surface area (Å²) in [6.45, 7) is 0. The zero-order chi connectivity index (χ0) is 15.5. The summed E-state index contributed by atoms with van der Waals surface area (Å²) in [5.74, 6) is -0.274. The molecule has 0 radical (unpaired) electrons. The van der Waals surface area contributed by atoms with Crippen LogP contribution >= 0.6 is 23.9 Å². The van der Waals surface area contributed by atoms with Crippen LogP contribution in [0.25, 0.3) is 11.0 Å². The van der Waals surface area contributed by atoms with Crippen LogP contribution in [-0.2, 0) is 0 Å². The summed E-state index contributed by atoms with van der Waals surface area (Å²) in [6.07, 6.45) is 1.50. The summed E-state index contributed by atoms with van der Waals surface area (Å²) in [4.78, 5) is 16.0. The third-order valence-corrected chi connectivity index (χ3v) is 3.52. The van der Waals surface area contributed by atoms with Gasteiger partial charge in [-0.1, -0.05) is 0 Å². The third-order valence-electron chi connectivity index (χ3n) is 2.76. The molecule has 9 heteroatoms. The number of amides is 1. The molecule has 2 heterocycles. The van der Waals surface area contributed by atoms with E-state index in [1.54, 1.807) is 24.3 Å². The molecular weight excluding hydrogens is 322 g/mol. The van der Waals surface area contributed by atoms with E-state index in [4.69, 9.17) is 12.2 Å². The van der Waals surface area contributed by atoms with E-state index in [1.165, 1.54) is 12.3 Å². The number of nitrogens with zero attached hydrogens (tertiary/aromatic N) is 3. The number of carbonyl (C=O) groups is 1. The predicted octanol–water partition coefficient (Wildman–Crippen LogP) is 1.92. The topological polar surface area (TPSA) is 100 Å². The summed E-state index contributed by atoms with van der Waals surface area (Å²) < 4.78 is 8.15. The zero-order valence-electron chi connectivity index (χ0n) is 11.0. The summed E-state index contributed by atoms with van der Waals surface area (Å²) in [6, 6.07) is 8.03. The summed E-state index contributed by atoms with van der Waals surface area (Å²) in [5, 5.41) is 14.8. The average Bonchev–Trinajstić information content (AvgIpc) is 2.97. The highest BCUT2D eigenvalue weighted by molar-refractivity contribution is 7.80. The lowest BCUT2D eigenvalue weighted by atomic mass is 10.2. The molecule has 3 aromatic rings. The Morgan fingerprint density at radius 3 is 2.86 bits per heavy atom. The van der Waals surface area contributed by atoms with Gasteiger partial charge in [-0.15, -0.1) is 0 Å². The summed E-state index contributed by atoms with van der Waals surface area (Å²) in [5.41, 5.74) is 1.80. The standard InChI is InChI=1S/C13H9N5O2S2/c19-10-2-1-5-14-11(10)15-13(21)16-12(20)7-3-4-8-9(6-7)18-22-17-8/h1-6,19H,(H2,14,15,16,20,21). The number of rotatable bonds is 2. The number of fused-ring (bicyclic) bond motifs is 1. The SMILES string of the molecule is O=C(NC(=S)Nc1ncccc1O)c1ccc2nsnc2c1. The molecule has 2 aromatic heterocycles. The van der Waals surface area contributed by atoms with E-state index in [1.807, 2.05) is 0 Å². The van der Waals surface area contributed by atoms with Gasteiger partial charge < -0.3 is 10.4 Å². The maximum Gasteiger partial charge on any atom is 0.257 e. The number of thiocarbonyl (C=S) groups is 1. The molecule has 0 unspecified atom stereocenters. The lowest BCUT2D eigenvalue weighted by Gasteiger charge is -2.09. The van der Waals surface area contributed by atoms with E-state index in [-0.39, 0.29) is 22.6 Å². The van der Waals surface area contributed by atoms with E-state index in [0.717, 1.165) is 17.2 Å². The minimum atomic E-state index is -0.386. The predicted molar refractivity (Wildman–Crippen MR) is 87.0 cm³/mol. The molecule has 0 saturated carbocycles. The Morgan fingerprint density at radius 2 is 2.05 bits per heavy atom. The van der Waals surface area contributed by atoms with Gasteiger partial charge in [-0.2, -0.15) is 8.75 Å². The maximum atomic E-state index is 12.1. The lowest BCUT2D eigenvalue weighted by Crippen LogP contribution is -2.34. The van der Waals surface area contributed by atoms with E-state index >= 15 is 0 Å². The van der Waals surface area contributed by atoms with Crippen molar-refractivity contribution < 1.29 is 9.90 Å². The Kier molecular flexibility index (Phi) is 3.90. The largest absolute Gasteiger partial charge is 0.504 e. The molecule has 0 aliphatic heterocycles. The monoisotopic (exact) mass is 331 g/mol. The number of nitrogens with one attached hydrogen (secondary N) is 2. The molecule has 0 aliphatic rings. The molecule has 1 aromatic carbocycles. The Bertz CT molecular complexity index is 864. The molecular formula is C13H9N5O2S2. The number of pyridine rings is 1. The number of aromatic nitrogens is 3. The van der Waals surface area contributed by atoms with Gasteiger partial charge in [-0.3, -0.25) is 10.1 Å². The average molecular weight is 331 g/mol. The van der Waals surface area contributed by atoms with E-state index in [9.17, 15) is 9.90 Å². The van der Waals surface area contributed by atoms with Gasteiger partial charge in [0.15, 0.2) is 16.7 Å². The van der Waals surface area contributed by atoms with Crippen molar-refractivity contribution in [1.82, 2.24) is 19.0 Å². The van der Waals surface area contributed by atoms with Crippen molar-refractivity contribution in [1.29, 1.82) is 0 Å². The fraction of sp³-hybridized carbons (Fsp3) is 0. The van der Waals surface area contributed by atoms with Gasteiger partial charge in [0.05, 0.1) is 11.7 Å². The van der Waals surface area contributed by atoms with E-state index in [0.29, 0.717) is 11.1 Å². The molecule has 0 saturated heterocycles. The van der Waals surface area contributed by atoms with Crippen molar-refractivity contribution in [2.24, 2.45) is 0 Å². The van der Waals surface area contributed by atoms with E-state index < -0.39 is 0 Å².